The van der Waals surface area contributed by atoms with E-state index in [2.05, 4.69) is 9.97 Å². The second-order valence-corrected chi connectivity index (χ2v) is 5.96. The molecule has 3 rings (SSSR count). The summed E-state index contributed by atoms with van der Waals surface area (Å²) in [6, 6.07) is 9.19. The van der Waals surface area contributed by atoms with E-state index in [-0.39, 0.29) is 0 Å². The van der Waals surface area contributed by atoms with Crippen molar-refractivity contribution in [1.29, 1.82) is 0 Å². The van der Waals surface area contributed by atoms with Crippen molar-refractivity contribution in [3.8, 4) is 22.5 Å². The Morgan fingerprint density at radius 1 is 0.900 bits per heavy atom. The standard InChI is InChI=1S/C14H7Cl3N2S/c15-10-3-1-2-8(6-10)11-12(16)18-14(19-13(11)17)9-4-5-20-7-9/h1-7H. The second kappa shape index (κ2) is 5.70. The molecule has 0 aliphatic rings. The molecule has 0 aliphatic carbocycles. The molecule has 100 valence electrons. The lowest BCUT2D eigenvalue weighted by Gasteiger charge is -2.08. The molecule has 0 radical (unpaired) electrons. The summed E-state index contributed by atoms with van der Waals surface area (Å²) in [5, 5.41) is 5.13. The third-order valence-electron chi connectivity index (χ3n) is 2.71. The van der Waals surface area contributed by atoms with E-state index in [9.17, 15) is 0 Å². The van der Waals surface area contributed by atoms with Gasteiger partial charge < -0.3 is 0 Å². The molecule has 0 bridgehead atoms. The first-order chi connectivity index (χ1) is 9.65. The number of aromatic nitrogens is 2. The summed E-state index contributed by atoms with van der Waals surface area (Å²) in [5.41, 5.74) is 2.29. The van der Waals surface area contributed by atoms with Crippen LogP contribution in [-0.4, -0.2) is 9.97 Å². The van der Waals surface area contributed by atoms with Crippen molar-refractivity contribution in [2.75, 3.05) is 0 Å². The van der Waals surface area contributed by atoms with Crippen LogP contribution < -0.4 is 0 Å². The summed E-state index contributed by atoms with van der Waals surface area (Å²) in [7, 11) is 0. The van der Waals surface area contributed by atoms with Crippen LogP contribution in [0.4, 0.5) is 0 Å². The highest BCUT2D eigenvalue weighted by Crippen LogP contribution is 2.35. The maximum atomic E-state index is 6.26. The Kier molecular flexibility index (Phi) is 3.94. The molecule has 0 saturated carbocycles. The van der Waals surface area contributed by atoms with Crippen LogP contribution in [0, 0.1) is 0 Å². The predicted molar refractivity (Wildman–Crippen MR) is 85.8 cm³/mol. The summed E-state index contributed by atoms with van der Waals surface area (Å²) in [4.78, 5) is 8.63. The highest BCUT2D eigenvalue weighted by molar-refractivity contribution is 7.08. The molecule has 0 amide bonds. The minimum Gasteiger partial charge on any atom is -0.216 e. The third kappa shape index (κ3) is 2.67. The molecule has 2 aromatic heterocycles. The lowest BCUT2D eigenvalue weighted by molar-refractivity contribution is 1.18. The Labute approximate surface area is 135 Å². The smallest absolute Gasteiger partial charge is 0.163 e. The number of rotatable bonds is 2. The van der Waals surface area contributed by atoms with Crippen LogP contribution in [0.15, 0.2) is 41.1 Å². The van der Waals surface area contributed by atoms with E-state index in [0.717, 1.165) is 11.1 Å². The van der Waals surface area contributed by atoms with E-state index in [1.165, 1.54) is 0 Å². The fourth-order valence-electron chi connectivity index (χ4n) is 1.81. The van der Waals surface area contributed by atoms with Gasteiger partial charge in [0.15, 0.2) is 5.82 Å². The van der Waals surface area contributed by atoms with Crippen molar-refractivity contribution in [3.05, 3.63) is 56.4 Å². The molecular formula is C14H7Cl3N2S. The summed E-state index contributed by atoms with van der Waals surface area (Å²) in [6.07, 6.45) is 0. The number of hydrogen-bond donors (Lipinski definition) is 0. The first-order valence-electron chi connectivity index (χ1n) is 5.66. The van der Waals surface area contributed by atoms with Crippen molar-refractivity contribution in [2.45, 2.75) is 0 Å². The van der Waals surface area contributed by atoms with Gasteiger partial charge in [-0.1, -0.05) is 46.9 Å². The molecule has 2 heterocycles. The van der Waals surface area contributed by atoms with Crippen molar-refractivity contribution < 1.29 is 0 Å². The van der Waals surface area contributed by atoms with E-state index >= 15 is 0 Å². The number of thiophene rings is 1. The molecule has 0 N–H and O–H groups in total. The second-order valence-electron chi connectivity index (χ2n) is 4.03. The summed E-state index contributed by atoms with van der Waals surface area (Å²) in [5.74, 6) is 0.520. The van der Waals surface area contributed by atoms with Crippen molar-refractivity contribution in [1.82, 2.24) is 9.97 Å². The van der Waals surface area contributed by atoms with E-state index in [4.69, 9.17) is 34.8 Å². The number of halogens is 3. The third-order valence-corrected chi connectivity index (χ3v) is 4.18. The van der Waals surface area contributed by atoms with E-state index in [0.29, 0.717) is 26.7 Å². The quantitative estimate of drug-likeness (QED) is 0.548. The number of hydrogen-bond acceptors (Lipinski definition) is 3. The van der Waals surface area contributed by atoms with E-state index in [1.807, 2.05) is 29.0 Å². The van der Waals surface area contributed by atoms with Crippen LogP contribution in [0.5, 0.6) is 0 Å². The van der Waals surface area contributed by atoms with Gasteiger partial charge in [0.25, 0.3) is 0 Å². The Balaban J connectivity index is 2.14. The van der Waals surface area contributed by atoms with Crippen LogP contribution >= 0.6 is 46.1 Å². The molecule has 0 fully saturated rings. The van der Waals surface area contributed by atoms with Crippen molar-refractivity contribution in [2.24, 2.45) is 0 Å². The average Bonchev–Trinajstić information content (AvgIpc) is 2.91. The van der Waals surface area contributed by atoms with Gasteiger partial charge in [0.2, 0.25) is 0 Å². The van der Waals surface area contributed by atoms with Gasteiger partial charge in [-0.3, -0.25) is 0 Å². The van der Waals surface area contributed by atoms with Gasteiger partial charge in [-0.25, -0.2) is 9.97 Å². The Hall–Kier alpha value is -1.13. The summed E-state index contributed by atoms with van der Waals surface area (Å²) >= 11 is 20.1. The first-order valence-corrected chi connectivity index (χ1v) is 7.74. The highest BCUT2D eigenvalue weighted by atomic mass is 35.5. The zero-order chi connectivity index (χ0) is 14.1. The number of benzene rings is 1. The van der Waals surface area contributed by atoms with Gasteiger partial charge in [-0.15, -0.1) is 0 Å². The fourth-order valence-corrected chi connectivity index (χ4v) is 3.24. The van der Waals surface area contributed by atoms with E-state index in [1.54, 1.807) is 23.5 Å². The zero-order valence-electron chi connectivity index (χ0n) is 9.98. The molecule has 6 heteroatoms. The predicted octanol–water partition coefficient (Wildman–Crippen LogP) is 5.83. The first kappa shape index (κ1) is 13.8. The van der Waals surface area contributed by atoms with Gasteiger partial charge in [0, 0.05) is 16.0 Å². The van der Waals surface area contributed by atoms with Crippen LogP contribution in [0.1, 0.15) is 0 Å². The molecule has 0 saturated heterocycles. The fraction of sp³-hybridized carbons (Fsp3) is 0. The van der Waals surface area contributed by atoms with Gasteiger partial charge >= 0.3 is 0 Å². The average molecular weight is 342 g/mol. The van der Waals surface area contributed by atoms with E-state index < -0.39 is 0 Å². The maximum Gasteiger partial charge on any atom is 0.163 e. The Morgan fingerprint density at radius 3 is 2.25 bits per heavy atom. The Bertz CT molecular complexity index is 734. The molecule has 20 heavy (non-hydrogen) atoms. The van der Waals surface area contributed by atoms with Crippen LogP contribution in [0.3, 0.4) is 0 Å². The van der Waals surface area contributed by atoms with Gasteiger partial charge in [-0.05, 0) is 29.1 Å². The molecular weight excluding hydrogens is 335 g/mol. The lowest BCUT2D eigenvalue weighted by Crippen LogP contribution is -1.93. The number of nitrogens with zero attached hydrogens (tertiary/aromatic N) is 2. The molecule has 0 atom stereocenters. The molecule has 1 aromatic carbocycles. The molecule has 0 spiro atoms. The molecule has 0 unspecified atom stereocenters. The lowest BCUT2D eigenvalue weighted by atomic mass is 10.1. The largest absolute Gasteiger partial charge is 0.216 e. The molecule has 2 nitrogen and oxygen atoms in total. The summed E-state index contributed by atoms with van der Waals surface area (Å²) in [6.45, 7) is 0. The minimum absolute atomic E-state index is 0.313. The zero-order valence-corrected chi connectivity index (χ0v) is 13.1. The topological polar surface area (TPSA) is 25.8 Å². The normalized spacial score (nSPS) is 10.8. The van der Waals surface area contributed by atoms with Gasteiger partial charge in [0.1, 0.15) is 10.3 Å². The van der Waals surface area contributed by atoms with Crippen LogP contribution in [-0.2, 0) is 0 Å². The molecule has 3 aromatic rings. The van der Waals surface area contributed by atoms with Crippen LogP contribution in [0.2, 0.25) is 15.3 Å². The highest BCUT2D eigenvalue weighted by Gasteiger charge is 2.15. The van der Waals surface area contributed by atoms with Crippen LogP contribution in [0.25, 0.3) is 22.5 Å². The summed E-state index contributed by atoms with van der Waals surface area (Å²) < 4.78 is 0. The SMILES string of the molecule is Clc1cccc(-c2c(Cl)nc(-c3ccsc3)nc2Cl)c1. The monoisotopic (exact) mass is 340 g/mol. The minimum atomic E-state index is 0.313. The molecule has 0 aliphatic heterocycles. The van der Waals surface area contributed by atoms with Crippen molar-refractivity contribution >= 4 is 46.1 Å². The van der Waals surface area contributed by atoms with Gasteiger partial charge in [0.05, 0.1) is 5.56 Å². The maximum absolute atomic E-state index is 6.26. The van der Waals surface area contributed by atoms with Gasteiger partial charge in [-0.2, -0.15) is 11.3 Å². The Morgan fingerprint density at radius 2 is 1.65 bits per heavy atom. The van der Waals surface area contributed by atoms with Crippen molar-refractivity contribution in [3.63, 3.8) is 0 Å².